The van der Waals surface area contributed by atoms with Crippen LogP contribution >= 0.6 is 0 Å². The summed E-state index contributed by atoms with van der Waals surface area (Å²) in [4.78, 5) is 23.0. The van der Waals surface area contributed by atoms with Gasteiger partial charge in [-0.2, -0.15) is 0 Å². The molecule has 2 rings (SSSR count). The number of hydrogen-bond acceptors (Lipinski definition) is 2. The molecule has 0 heterocycles. The van der Waals surface area contributed by atoms with Crippen LogP contribution in [0.2, 0.25) is 0 Å². The lowest BCUT2D eigenvalue weighted by molar-refractivity contribution is -0.141. The van der Waals surface area contributed by atoms with E-state index in [1.165, 1.54) is 12.1 Å². The molecule has 1 unspecified atom stereocenters. The van der Waals surface area contributed by atoms with Gasteiger partial charge < -0.3 is 10.4 Å². The molecule has 1 aliphatic carbocycles. The smallest absolute Gasteiger partial charge is 0.306 e. The Balaban J connectivity index is 1.94. The van der Waals surface area contributed by atoms with E-state index in [9.17, 15) is 14.0 Å². The molecule has 0 bridgehead atoms. The molecule has 0 spiro atoms. The number of amides is 1. The van der Waals surface area contributed by atoms with Gasteiger partial charge in [-0.15, -0.1) is 0 Å². The molecule has 0 aromatic heterocycles. The number of nitrogens with one attached hydrogen (secondary N) is 1. The van der Waals surface area contributed by atoms with Crippen molar-refractivity contribution in [2.75, 3.05) is 0 Å². The summed E-state index contributed by atoms with van der Waals surface area (Å²) in [6.07, 6.45) is 1.74. The van der Waals surface area contributed by atoms with Crippen molar-refractivity contribution in [3.63, 3.8) is 0 Å². The normalized spacial score (nSPS) is 23.3. The van der Waals surface area contributed by atoms with E-state index in [1.54, 1.807) is 19.1 Å². The summed E-state index contributed by atoms with van der Waals surface area (Å²) in [5.74, 6) is -2.18. The molecule has 2 N–H and O–H groups in total. The minimum atomic E-state index is -0.806. The summed E-state index contributed by atoms with van der Waals surface area (Å²) in [5, 5.41) is 11.8. The van der Waals surface area contributed by atoms with Gasteiger partial charge in [-0.05, 0) is 43.9 Å². The molecular formula is C15H18FNO3. The van der Waals surface area contributed by atoms with Gasteiger partial charge in [0.25, 0.3) is 0 Å². The van der Waals surface area contributed by atoms with E-state index in [4.69, 9.17) is 5.11 Å². The number of carbonyl (C=O) groups excluding carboxylic acids is 1. The molecule has 3 atom stereocenters. The third-order valence-electron chi connectivity index (χ3n) is 3.87. The van der Waals surface area contributed by atoms with Crippen molar-refractivity contribution in [2.45, 2.75) is 38.1 Å². The van der Waals surface area contributed by atoms with Gasteiger partial charge in [0, 0.05) is 6.04 Å². The van der Waals surface area contributed by atoms with Crippen LogP contribution in [0.3, 0.4) is 0 Å². The van der Waals surface area contributed by atoms with Gasteiger partial charge in [-0.1, -0.05) is 12.1 Å². The van der Waals surface area contributed by atoms with E-state index in [0.717, 1.165) is 0 Å². The standard InChI is InChI=1S/C15H18FNO3/c1-9(10-3-2-4-12(16)7-10)14(18)17-13-6-5-11(8-13)15(19)20/h2-4,7,9,11,13H,5-6,8H2,1H3,(H,17,18)(H,19,20)/t9?,11-,13+/m0/s1. The van der Waals surface area contributed by atoms with Gasteiger partial charge in [0.15, 0.2) is 0 Å². The number of carbonyl (C=O) groups is 2. The first-order valence-electron chi connectivity index (χ1n) is 6.76. The second-order valence-electron chi connectivity index (χ2n) is 5.33. The molecular weight excluding hydrogens is 261 g/mol. The predicted molar refractivity (Wildman–Crippen MR) is 71.7 cm³/mol. The molecule has 4 nitrogen and oxygen atoms in total. The maximum absolute atomic E-state index is 13.1. The fourth-order valence-electron chi connectivity index (χ4n) is 2.59. The maximum atomic E-state index is 13.1. The fraction of sp³-hybridized carbons (Fsp3) is 0.467. The highest BCUT2D eigenvalue weighted by Crippen LogP contribution is 2.26. The summed E-state index contributed by atoms with van der Waals surface area (Å²) in [7, 11) is 0. The van der Waals surface area contributed by atoms with Crippen molar-refractivity contribution < 1.29 is 19.1 Å². The van der Waals surface area contributed by atoms with E-state index in [2.05, 4.69) is 5.32 Å². The first-order valence-corrected chi connectivity index (χ1v) is 6.76. The molecule has 0 radical (unpaired) electrons. The molecule has 0 saturated heterocycles. The molecule has 108 valence electrons. The average Bonchev–Trinajstić information content (AvgIpc) is 2.86. The number of carboxylic acids is 1. The van der Waals surface area contributed by atoms with Crippen molar-refractivity contribution in [3.8, 4) is 0 Å². The van der Waals surface area contributed by atoms with Crippen molar-refractivity contribution in [2.24, 2.45) is 5.92 Å². The van der Waals surface area contributed by atoms with Crippen molar-refractivity contribution >= 4 is 11.9 Å². The number of rotatable bonds is 4. The monoisotopic (exact) mass is 279 g/mol. The van der Waals surface area contributed by atoms with Gasteiger partial charge in [0.1, 0.15) is 5.82 Å². The number of carboxylic acid groups (broad SMARTS) is 1. The fourth-order valence-corrected chi connectivity index (χ4v) is 2.59. The molecule has 1 aromatic rings. The molecule has 1 aromatic carbocycles. The lowest BCUT2D eigenvalue weighted by Crippen LogP contribution is -2.36. The largest absolute Gasteiger partial charge is 0.481 e. The third-order valence-corrected chi connectivity index (χ3v) is 3.87. The van der Waals surface area contributed by atoms with Crippen molar-refractivity contribution in [3.05, 3.63) is 35.6 Å². The van der Waals surface area contributed by atoms with Crippen LogP contribution in [-0.2, 0) is 9.59 Å². The number of aliphatic carboxylic acids is 1. The Morgan fingerprint density at radius 3 is 2.75 bits per heavy atom. The first kappa shape index (κ1) is 14.5. The average molecular weight is 279 g/mol. The second kappa shape index (κ2) is 6.03. The quantitative estimate of drug-likeness (QED) is 0.888. The minimum absolute atomic E-state index is 0.0976. The molecule has 1 aliphatic rings. The first-order chi connectivity index (χ1) is 9.47. The van der Waals surface area contributed by atoms with Crippen LogP contribution in [0.5, 0.6) is 0 Å². The van der Waals surface area contributed by atoms with Crippen LogP contribution < -0.4 is 5.32 Å². The Bertz CT molecular complexity index is 518. The Morgan fingerprint density at radius 1 is 1.40 bits per heavy atom. The van der Waals surface area contributed by atoms with Gasteiger partial charge in [-0.3, -0.25) is 9.59 Å². The zero-order valence-corrected chi connectivity index (χ0v) is 11.3. The van der Waals surface area contributed by atoms with E-state index < -0.39 is 11.9 Å². The van der Waals surface area contributed by atoms with Crippen molar-refractivity contribution in [1.29, 1.82) is 0 Å². The SMILES string of the molecule is CC(C(=O)N[C@@H]1CC[C@H](C(=O)O)C1)c1cccc(F)c1. The topological polar surface area (TPSA) is 66.4 Å². The third kappa shape index (κ3) is 3.35. The summed E-state index contributed by atoms with van der Waals surface area (Å²) >= 11 is 0. The van der Waals surface area contributed by atoms with E-state index >= 15 is 0 Å². The number of benzene rings is 1. The van der Waals surface area contributed by atoms with Gasteiger partial charge in [-0.25, -0.2) is 4.39 Å². The van der Waals surface area contributed by atoms with Crippen LogP contribution in [-0.4, -0.2) is 23.0 Å². The maximum Gasteiger partial charge on any atom is 0.306 e. The van der Waals surface area contributed by atoms with Crippen LogP contribution in [0, 0.1) is 11.7 Å². The zero-order chi connectivity index (χ0) is 14.7. The van der Waals surface area contributed by atoms with Gasteiger partial charge >= 0.3 is 5.97 Å². The van der Waals surface area contributed by atoms with Crippen LogP contribution in [0.15, 0.2) is 24.3 Å². The molecule has 5 heteroatoms. The van der Waals surface area contributed by atoms with Gasteiger partial charge in [0.05, 0.1) is 11.8 Å². The second-order valence-corrected chi connectivity index (χ2v) is 5.33. The Hall–Kier alpha value is -1.91. The summed E-state index contributed by atoms with van der Waals surface area (Å²) in [6.45, 7) is 1.72. The lowest BCUT2D eigenvalue weighted by atomic mass is 9.99. The Morgan fingerprint density at radius 2 is 2.15 bits per heavy atom. The number of hydrogen-bond donors (Lipinski definition) is 2. The Kier molecular flexibility index (Phi) is 4.37. The molecule has 0 aliphatic heterocycles. The molecule has 20 heavy (non-hydrogen) atoms. The zero-order valence-electron chi connectivity index (χ0n) is 11.3. The van der Waals surface area contributed by atoms with Crippen LogP contribution in [0.1, 0.15) is 37.7 Å². The van der Waals surface area contributed by atoms with Crippen molar-refractivity contribution in [1.82, 2.24) is 5.32 Å². The summed E-state index contributed by atoms with van der Waals surface area (Å²) in [5.41, 5.74) is 0.621. The van der Waals surface area contributed by atoms with Gasteiger partial charge in [0.2, 0.25) is 5.91 Å². The highest BCUT2D eigenvalue weighted by molar-refractivity contribution is 5.83. The van der Waals surface area contributed by atoms with Crippen LogP contribution in [0.25, 0.3) is 0 Å². The van der Waals surface area contributed by atoms with E-state index in [0.29, 0.717) is 24.8 Å². The summed E-state index contributed by atoms with van der Waals surface area (Å²) < 4.78 is 13.1. The lowest BCUT2D eigenvalue weighted by Gasteiger charge is -2.17. The molecule has 1 amide bonds. The highest BCUT2D eigenvalue weighted by atomic mass is 19.1. The predicted octanol–water partition coefficient (Wildman–Crippen LogP) is 2.30. The minimum Gasteiger partial charge on any atom is -0.481 e. The van der Waals surface area contributed by atoms with E-state index in [-0.39, 0.29) is 23.7 Å². The van der Waals surface area contributed by atoms with E-state index in [1.807, 2.05) is 0 Å². The Labute approximate surface area is 117 Å². The molecule has 1 saturated carbocycles. The highest BCUT2D eigenvalue weighted by Gasteiger charge is 2.31. The number of halogens is 1. The van der Waals surface area contributed by atoms with Crippen LogP contribution in [0.4, 0.5) is 4.39 Å². The molecule has 1 fully saturated rings. The summed E-state index contributed by atoms with van der Waals surface area (Å²) in [6, 6.07) is 5.87.